The van der Waals surface area contributed by atoms with E-state index in [2.05, 4.69) is 29.1 Å². The summed E-state index contributed by atoms with van der Waals surface area (Å²) in [7, 11) is -3.47. The fraction of sp³-hybridized carbons (Fsp3) is 0.529. The molecule has 0 radical (unpaired) electrons. The van der Waals surface area contributed by atoms with Crippen LogP contribution in [-0.4, -0.2) is 62.2 Å². The summed E-state index contributed by atoms with van der Waals surface area (Å²) >= 11 is 0. The summed E-state index contributed by atoms with van der Waals surface area (Å²) in [5, 5.41) is 6.28. The Hall–Kier alpha value is -2.97. The van der Waals surface area contributed by atoms with Gasteiger partial charge >= 0.3 is 19.5 Å². The van der Waals surface area contributed by atoms with Gasteiger partial charge in [0.25, 0.3) is 0 Å². The van der Waals surface area contributed by atoms with Gasteiger partial charge < -0.3 is 24.1 Å². The molecule has 1 aliphatic rings. The van der Waals surface area contributed by atoms with Crippen LogP contribution in [-0.2, 0) is 41.2 Å². The zero-order valence-electron chi connectivity index (χ0n) is 26.4. The van der Waals surface area contributed by atoms with E-state index in [-0.39, 0.29) is 24.3 Å². The normalized spacial score (nSPS) is 17.4. The molecular formula is C34H49N2O7P. The van der Waals surface area contributed by atoms with Gasteiger partial charge in [-0.3, -0.25) is 14.2 Å². The van der Waals surface area contributed by atoms with Gasteiger partial charge in [0.05, 0.1) is 19.4 Å². The number of hydrogen-bond donors (Lipinski definition) is 2. The Balaban J connectivity index is 1.63. The number of esters is 2. The van der Waals surface area contributed by atoms with Crippen LogP contribution in [0.2, 0.25) is 0 Å². The Kier molecular flexibility index (Phi) is 15.1. The molecule has 2 aromatic carbocycles. The van der Waals surface area contributed by atoms with Gasteiger partial charge in [0, 0.05) is 6.42 Å². The average molecular weight is 629 g/mol. The van der Waals surface area contributed by atoms with Crippen molar-refractivity contribution >= 4 is 19.5 Å². The number of ether oxygens (including phenoxy) is 3. The minimum absolute atomic E-state index is 0.173. The molecule has 2 N–H and O–H groups in total. The Morgan fingerprint density at radius 1 is 1.07 bits per heavy atom. The topological polar surface area (TPSA) is 112 Å². The zero-order valence-corrected chi connectivity index (χ0v) is 27.3. The van der Waals surface area contributed by atoms with Gasteiger partial charge in [0.2, 0.25) is 0 Å². The van der Waals surface area contributed by atoms with E-state index in [9.17, 15) is 14.2 Å². The quantitative estimate of drug-likeness (QED) is 0.0788. The Labute approximate surface area is 262 Å². The van der Waals surface area contributed by atoms with Gasteiger partial charge in [-0.05, 0) is 75.3 Å². The van der Waals surface area contributed by atoms with Crippen molar-refractivity contribution < 1.29 is 32.9 Å². The number of carbonyl (C=O) groups excluding carboxylic acids is 2. The highest BCUT2D eigenvalue weighted by Gasteiger charge is 2.31. The minimum Gasteiger partial charge on any atom is -0.461 e. The molecule has 10 heteroatoms. The Morgan fingerprint density at radius 3 is 2.43 bits per heavy atom. The standard InChI is InChI=1S/C34H49N2O7P/c1-5-8-23-44(39,36-26(4)33(37)41-29(6-2)7-3)43-30-18-16-28(17-19-30)24-32(34(38)42-31-20-22-40-25-31)35-21-12-15-27-13-10-9-11-14-27/h5,9-11,13-14,16-19,26,29,31-32,35H,1,6-8,12,15,20-25H2,2-4H3,(H,36,39)/t26-,31-,32-,44?/m0/s1. The van der Waals surface area contributed by atoms with E-state index in [1.807, 2.05) is 44.2 Å². The van der Waals surface area contributed by atoms with Crippen LogP contribution in [0.5, 0.6) is 5.75 Å². The molecule has 1 fully saturated rings. The van der Waals surface area contributed by atoms with Crippen LogP contribution < -0.4 is 14.9 Å². The van der Waals surface area contributed by atoms with Crippen LogP contribution in [0.25, 0.3) is 0 Å². The number of benzene rings is 2. The van der Waals surface area contributed by atoms with Crippen LogP contribution >= 0.6 is 7.52 Å². The van der Waals surface area contributed by atoms with Gasteiger partial charge in [-0.1, -0.05) is 62.4 Å². The first-order chi connectivity index (χ1) is 21.2. The largest absolute Gasteiger partial charge is 0.461 e. The molecule has 1 aliphatic heterocycles. The first kappa shape index (κ1) is 35.5. The van der Waals surface area contributed by atoms with Crippen LogP contribution in [0.4, 0.5) is 0 Å². The molecule has 3 rings (SSSR count). The smallest absolute Gasteiger partial charge is 0.323 e. The molecule has 0 aromatic heterocycles. The number of aryl methyl sites for hydroxylation is 1. The van der Waals surface area contributed by atoms with Crippen LogP contribution in [0.3, 0.4) is 0 Å². The molecule has 0 aliphatic carbocycles. The molecule has 1 unspecified atom stereocenters. The first-order valence-corrected chi connectivity index (χ1v) is 17.6. The monoisotopic (exact) mass is 628 g/mol. The minimum atomic E-state index is -3.47. The third-order valence-corrected chi connectivity index (χ3v) is 9.65. The maximum Gasteiger partial charge on any atom is 0.323 e. The second kappa shape index (κ2) is 18.7. The summed E-state index contributed by atoms with van der Waals surface area (Å²) in [6, 6.07) is 16.1. The third-order valence-electron chi connectivity index (χ3n) is 7.51. The molecule has 0 saturated carbocycles. The lowest BCUT2D eigenvalue weighted by molar-refractivity contribution is -0.152. The first-order valence-electron chi connectivity index (χ1n) is 15.8. The lowest BCUT2D eigenvalue weighted by Gasteiger charge is -2.25. The Morgan fingerprint density at radius 2 is 1.80 bits per heavy atom. The summed E-state index contributed by atoms with van der Waals surface area (Å²) in [5.41, 5.74) is 2.15. The highest BCUT2D eigenvalue weighted by atomic mass is 31.2. The van der Waals surface area contributed by atoms with Crippen molar-refractivity contribution in [2.24, 2.45) is 0 Å². The maximum absolute atomic E-state index is 13.8. The molecule has 1 heterocycles. The lowest BCUT2D eigenvalue weighted by Crippen LogP contribution is -2.42. The molecule has 242 valence electrons. The summed E-state index contributed by atoms with van der Waals surface area (Å²) in [6.07, 6.45) is 6.21. The maximum atomic E-state index is 13.8. The van der Waals surface area contributed by atoms with Crippen molar-refractivity contribution in [2.75, 3.05) is 25.9 Å². The van der Waals surface area contributed by atoms with Crippen molar-refractivity contribution in [3.63, 3.8) is 0 Å². The third kappa shape index (κ3) is 12.2. The predicted octanol–water partition coefficient (Wildman–Crippen LogP) is 6.01. The average Bonchev–Trinajstić information content (AvgIpc) is 3.54. The zero-order chi connectivity index (χ0) is 31.8. The second-order valence-electron chi connectivity index (χ2n) is 11.2. The fourth-order valence-corrected chi connectivity index (χ4v) is 6.82. The molecule has 44 heavy (non-hydrogen) atoms. The molecule has 2 aromatic rings. The Bertz CT molecular complexity index is 1200. The van der Waals surface area contributed by atoms with Crippen molar-refractivity contribution in [2.45, 2.75) is 90.0 Å². The number of nitrogens with one attached hydrogen (secondary N) is 2. The molecule has 1 saturated heterocycles. The highest BCUT2D eigenvalue weighted by Crippen LogP contribution is 2.44. The second-order valence-corrected chi connectivity index (χ2v) is 13.4. The van der Waals surface area contributed by atoms with E-state index in [1.165, 1.54) is 5.56 Å². The van der Waals surface area contributed by atoms with Crippen molar-refractivity contribution in [1.82, 2.24) is 10.4 Å². The number of rotatable bonds is 20. The molecule has 9 nitrogen and oxygen atoms in total. The highest BCUT2D eigenvalue weighted by molar-refractivity contribution is 7.57. The van der Waals surface area contributed by atoms with Crippen molar-refractivity contribution in [1.29, 1.82) is 0 Å². The number of allylic oxidation sites excluding steroid dienone is 1. The summed E-state index contributed by atoms with van der Waals surface area (Å²) in [5.74, 6) is -0.366. The van der Waals surface area contributed by atoms with E-state index in [1.54, 1.807) is 25.1 Å². The van der Waals surface area contributed by atoms with Gasteiger partial charge in [-0.2, -0.15) is 0 Å². The summed E-state index contributed by atoms with van der Waals surface area (Å²) in [6.45, 7) is 10.9. The molecule has 0 amide bonds. The fourth-order valence-electron chi connectivity index (χ4n) is 4.86. The van der Waals surface area contributed by atoms with E-state index < -0.39 is 25.6 Å². The van der Waals surface area contributed by atoms with E-state index in [0.29, 0.717) is 57.6 Å². The molecular weight excluding hydrogens is 579 g/mol. The van der Waals surface area contributed by atoms with E-state index >= 15 is 0 Å². The van der Waals surface area contributed by atoms with Gasteiger partial charge in [-0.25, -0.2) is 5.09 Å². The van der Waals surface area contributed by atoms with Gasteiger partial charge in [0.1, 0.15) is 30.0 Å². The SMILES string of the molecule is C=CCCP(=O)(N[C@@H](C)C(=O)OC(CC)CC)Oc1ccc(C[C@H](NCCCc2ccccc2)C(=O)O[C@H]2CCOC2)cc1. The molecule has 0 spiro atoms. The predicted molar refractivity (Wildman–Crippen MR) is 173 cm³/mol. The van der Waals surface area contributed by atoms with Crippen molar-refractivity contribution in [3.8, 4) is 5.75 Å². The molecule has 0 bridgehead atoms. The number of carbonyl (C=O) groups is 2. The van der Waals surface area contributed by atoms with E-state index in [0.717, 1.165) is 18.4 Å². The van der Waals surface area contributed by atoms with E-state index in [4.69, 9.17) is 18.7 Å². The van der Waals surface area contributed by atoms with Crippen LogP contribution in [0.15, 0.2) is 67.3 Å². The van der Waals surface area contributed by atoms with Crippen LogP contribution in [0, 0.1) is 0 Å². The summed E-state index contributed by atoms with van der Waals surface area (Å²) < 4.78 is 36.4. The van der Waals surface area contributed by atoms with Gasteiger partial charge in [-0.15, -0.1) is 6.58 Å². The van der Waals surface area contributed by atoms with Gasteiger partial charge in [0.15, 0.2) is 0 Å². The molecule has 4 atom stereocenters. The van der Waals surface area contributed by atoms with Crippen LogP contribution in [0.1, 0.15) is 64.0 Å². The lowest BCUT2D eigenvalue weighted by atomic mass is 10.0. The van der Waals surface area contributed by atoms with Crippen molar-refractivity contribution in [3.05, 3.63) is 78.4 Å². The number of hydrogen-bond acceptors (Lipinski definition) is 8. The summed E-state index contributed by atoms with van der Waals surface area (Å²) in [4.78, 5) is 25.8.